The maximum Gasteiger partial charge on any atom is 0.236 e. The lowest BCUT2D eigenvalue weighted by Gasteiger charge is -2.10. The number of aromatic nitrogens is 1. The SMILES string of the molecule is Nc1cc([C@@H](N)CCO)cnc1F. The van der Waals surface area contributed by atoms with E-state index in [0.29, 0.717) is 12.0 Å². The Morgan fingerprint density at radius 2 is 2.31 bits per heavy atom. The normalized spacial score (nSPS) is 12.8. The summed E-state index contributed by atoms with van der Waals surface area (Å²) >= 11 is 0. The fourth-order valence-electron chi connectivity index (χ4n) is 0.991. The number of nitrogens with two attached hydrogens (primary N) is 2. The zero-order chi connectivity index (χ0) is 9.84. The van der Waals surface area contributed by atoms with Gasteiger partial charge < -0.3 is 16.6 Å². The Bertz CT molecular complexity index is 293. The van der Waals surface area contributed by atoms with Gasteiger partial charge in [0.15, 0.2) is 0 Å². The number of aliphatic hydroxyl groups excluding tert-OH is 1. The van der Waals surface area contributed by atoms with Gasteiger partial charge in [0.25, 0.3) is 0 Å². The Kier molecular flexibility index (Phi) is 3.16. The smallest absolute Gasteiger partial charge is 0.236 e. The summed E-state index contributed by atoms with van der Waals surface area (Å²) in [5.74, 6) is -0.694. The molecule has 1 atom stereocenters. The lowest BCUT2D eigenvalue weighted by atomic mass is 10.1. The van der Waals surface area contributed by atoms with E-state index in [1.54, 1.807) is 0 Å². The molecule has 1 heterocycles. The van der Waals surface area contributed by atoms with Crippen molar-refractivity contribution in [1.82, 2.24) is 4.98 Å². The average Bonchev–Trinajstić information content (AvgIpc) is 2.10. The minimum atomic E-state index is -0.694. The predicted molar refractivity (Wildman–Crippen MR) is 47.2 cm³/mol. The summed E-state index contributed by atoms with van der Waals surface area (Å²) in [4.78, 5) is 3.43. The molecule has 0 bridgehead atoms. The average molecular weight is 185 g/mol. The van der Waals surface area contributed by atoms with Crippen LogP contribution in [0.25, 0.3) is 0 Å². The minimum absolute atomic E-state index is 0.0154. The summed E-state index contributed by atoms with van der Waals surface area (Å²) in [7, 11) is 0. The first-order valence-corrected chi connectivity index (χ1v) is 3.92. The van der Waals surface area contributed by atoms with Crippen LogP contribution in [0.3, 0.4) is 0 Å². The van der Waals surface area contributed by atoms with Gasteiger partial charge in [-0.25, -0.2) is 4.98 Å². The molecule has 0 aliphatic rings. The quantitative estimate of drug-likeness (QED) is 0.586. The van der Waals surface area contributed by atoms with Crippen molar-refractivity contribution in [2.75, 3.05) is 12.3 Å². The molecule has 5 heteroatoms. The van der Waals surface area contributed by atoms with E-state index < -0.39 is 5.95 Å². The van der Waals surface area contributed by atoms with Crippen molar-refractivity contribution in [3.8, 4) is 0 Å². The largest absolute Gasteiger partial charge is 0.396 e. The highest BCUT2D eigenvalue weighted by atomic mass is 19.1. The molecule has 0 aromatic carbocycles. The van der Waals surface area contributed by atoms with Crippen LogP contribution in [0.5, 0.6) is 0 Å². The molecule has 0 spiro atoms. The summed E-state index contributed by atoms with van der Waals surface area (Å²) < 4.78 is 12.6. The molecule has 5 N–H and O–H groups in total. The van der Waals surface area contributed by atoms with Crippen LogP contribution in [0, 0.1) is 5.95 Å². The number of hydrogen-bond donors (Lipinski definition) is 3. The van der Waals surface area contributed by atoms with E-state index >= 15 is 0 Å². The maximum atomic E-state index is 12.6. The fourth-order valence-corrected chi connectivity index (χ4v) is 0.991. The number of nitrogens with zero attached hydrogens (tertiary/aromatic N) is 1. The lowest BCUT2D eigenvalue weighted by Crippen LogP contribution is -2.13. The molecule has 1 aromatic rings. The van der Waals surface area contributed by atoms with Crippen LogP contribution < -0.4 is 11.5 Å². The first kappa shape index (κ1) is 9.88. The molecule has 0 fully saturated rings. The van der Waals surface area contributed by atoms with E-state index in [9.17, 15) is 4.39 Å². The highest BCUT2D eigenvalue weighted by Crippen LogP contribution is 2.16. The Hall–Kier alpha value is -1.20. The van der Waals surface area contributed by atoms with Crippen molar-refractivity contribution in [2.24, 2.45) is 5.73 Å². The molecule has 72 valence electrons. The van der Waals surface area contributed by atoms with Crippen LogP contribution in [0.2, 0.25) is 0 Å². The van der Waals surface area contributed by atoms with Gasteiger partial charge >= 0.3 is 0 Å². The van der Waals surface area contributed by atoms with Crippen molar-refractivity contribution >= 4 is 5.69 Å². The monoisotopic (exact) mass is 185 g/mol. The second-order valence-corrected chi connectivity index (χ2v) is 2.77. The van der Waals surface area contributed by atoms with E-state index in [0.717, 1.165) is 0 Å². The van der Waals surface area contributed by atoms with Gasteiger partial charge in [0, 0.05) is 18.8 Å². The molecule has 1 rings (SSSR count). The van der Waals surface area contributed by atoms with Crippen LogP contribution >= 0.6 is 0 Å². The fraction of sp³-hybridized carbons (Fsp3) is 0.375. The molecule has 0 radical (unpaired) electrons. The van der Waals surface area contributed by atoms with Gasteiger partial charge in [-0.1, -0.05) is 0 Å². The zero-order valence-corrected chi connectivity index (χ0v) is 7.07. The highest BCUT2D eigenvalue weighted by molar-refractivity contribution is 5.39. The van der Waals surface area contributed by atoms with Crippen LogP contribution in [0.4, 0.5) is 10.1 Å². The molecule has 0 unspecified atom stereocenters. The van der Waals surface area contributed by atoms with E-state index in [4.69, 9.17) is 16.6 Å². The molecular weight excluding hydrogens is 173 g/mol. The molecule has 0 saturated heterocycles. The van der Waals surface area contributed by atoms with Gasteiger partial charge in [-0.15, -0.1) is 0 Å². The number of anilines is 1. The maximum absolute atomic E-state index is 12.6. The zero-order valence-electron chi connectivity index (χ0n) is 7.07. The van der Waals surface area contributed by atoms with Crippen molar-refractivity contribution in [3.63, 3.8) is 0 Å². The molecule has 0 saturated carbocycles. The third-order valence-electron chi connectivity index (χ3n) is 1.76. The number of nitrogen functional groups attached to an aromatic ring is 1. The Labute approximate surface area is 75.4 Å². The minimum Gasteiger partial charge on any atom is -0.396 e. The van der Waals surface area contributed by atoms with Crippen molar-refractivity contribution in [3.05, 3.63) is 23.8 Å². The predicted octanol–water partition coefficient (Wildman–Crippen LogP) is 0.185. The van der Waals surface area contributed by atoms with Crippen LogP contribution in [0.15, 0.2) is 12.3 Å². The Morgan fingerprint density at radius 1 is 1.62 bits per heavy atom. The molecular formula is C8H12FN3O. The molecule has 0 aliphatic heterocycles. The van der Waals surface area contributed by atoms with Crippen LogP contribution in [-0.2, 0) is 0 Å². The summed E-state index contributed by atoms with van der Waals surface area (Å²) in [5, 5.41) is 8.62. The van der Waals surface area contributed by atoms with Gasteiger partial charge in [-0.3, -0.25) is 0 Å². The van der Waals surface area contributed by atoms with Crippen molar-refractivity contribution < 1.29 is 9.50 Å². The number of pyridine rings is 1. The van der Waals surface area contributed by atoms with Crippen LogP contribution in [-0.4, -0.2) is 16.7 Å². The standard InChI is InChI=1S/C8H12FN3O/c9-8-7(11)3-5(4-12-8)6(10)1-2-13/h3-4,6,13H,1-2,10-11H2/t6-/m0/s1. The van der Waals surface area contributed by atoms with Gasteiger partial charge in [0.05, 0.1) is 5.69 Å². The summed E-state index contributed by atoms with van der Waals surface area (Å²) in [6.07, 6.45) is 1.73. The van der Waals surface area contributed by atoms with Crippen molar-refractivity contribution in [2.45, 2.75) is 12.5 Å². The topological polar surface area (TPSA) is 85.2 Å². The van der Waals surface area contributed by atoms with E-state index in [-0.39, 0.29) is 18.3 Å². The molecule has 13 heavy (non-hydrogen) atoms. The molecule has 0 aliphatic carbocycles. The highest BCUT2D eigenvalue weighted by Gasteiger charge is 2.08. The third-order valence-corrected chi connectivity index (χ3v) is 1.76. The molecule has 4 nitrogen and oxygen atoms in total. The Morgan fingerprint density at radius 3 is 2.85 bits per heavy atom. The summed E-state index contributed by atoms with van der Waals surface area (Å²) in [6, 6.07) is 1.09. The summed E-state index contributed by atoms with van der Waals surface area (Å²) in [6.45, 7) is -0.0154. The van der Waals surface area contributed by atoms with E-state index in [2.05, 4.69) is 4.98 Å². The molecule has 1 aromatic heterocycles. The lowest BCUT2D eigenvalue weighted by molar-refractivity contribution is 0.276. The van der Waals surface area contributed by atoms with Gasteiger partial charge in [-0.2, -0.15) is 4.39 Å². The van der Waals surface area contributed by atoms with Gasteiger partial charge in [-0.05, 0) is 18.1 Å². The Balaban J connectivity index is 2.84. The number of halogens is 1. The third kappa shape index (κ3) is 2.37. The number of hydrogen-bond acceptors (Lipinski definition) is 4. The van der Waals surface area contributed by atoms with Crippen LogP contribution in [0.1, 0.15) is 18.0 Å². The second kappa shape index (κ2) is 4.15. The van der Waals surface area contributed by atoms with Gasteiger partial charge in [0.2, 0.25) is 5.95 Å². The first-order valence-electron chi connectivity index (χ1n) is 3.92. The number of rotatable bonds is 3. The number of aliphatic hydroxyl groups is 1. The van der Waals surface area contributed by atoms with Crippen molar-refractivity contribution in [1.29, 1.82) is 0 Å². The molecule has 0 amide bonds. The second-order valence-electron chi connectivity index (χ2n) is 2.77. The van der Waals surface area contributed by atoms with E-state index in [1.807, 2.05) is 0 Å². The first-order chi connectivity index (χ1) is 6.15. The van der Waals surface area contributed by atoms with Gasteiger partial charge in [0.1, 0.15) is 0 Å². The van der Waals surface area contributed by atoms with E-state index in [1.165, 1.54) is 12.3 Å². The summed E-state index contributed by atoms with van der Waals surface area (Å²) in [5.41, 5.74) is 11.6.